The van der Waals surface area contributed by atoms with Gasteiger partial charge in [-0.05, 0) is 32.6 Å². The molecule has 1 aromatic carbocycles. The van der Waals surface area contributed by atoms with Crippen molar-refractivity contribution < 1.29 is 17.1 Å². The third-order valence-electron chi connectivity index (χ3n) is 4.78. The van der Waals surface area contributed by atoms with Crippen molar-refractivity contribution in [2.24, 2.45) is 5.92 Å². The van der Waals surface area contributed by atoms with Crippen LogP contribution in [0.4, 0.5) is 5.82 Å². The first-order valence-corrected chi connectivity index (χ1v) is 11.5. The number of hydrogen-bond donors (Lipinski definition) is 3. The van der Waals surface area contributed by atoms with Crippen LogP contribution in [0, 0.1) is 11.3 Å². The van der Waals surface area contributed by atoms with Gasteiger partial charge in [0.05, 0.1) is 25.3 Å². The van der Waals surface area contributed by atoms with Gasteiger partial charge >= 0.3 is 0 Å². The largest absolute Gasteiger partial charge is 0.493 e. The Hall–Kier alpha value is -2.77. The molecule has 0 spiro atoms. The lowest BCUT2D eigenvalue weighted by atomic mass is 10.2. The number of rotatable bonds is 11. The van der Waals surface area contributed by atoms with Crippen molar-refractivity contribution in [3.63, 3.8) is 0 Å². The summed E-state index contributed by atoms with van der Waals surface area (Å²) >= 11 is 0. The summed E-state index contributed by atoms with van der Waals surface area (Å²) in [7, 11) is 3.19. The maximum Gasteiger partial charge on any atom is 0.220 e. The first-order chi connectivity index (χ1) is 15.3. The predicted octanol–water partition coefficient (Wildman–Crippen LogP) is 4.99. The summed E-state index contributed by atoms with van der Waals surface area (Å²) in [6.07, 6.45) is 2.12. The molecule has 0 unspecified atom stereocenters. The first-order valence-electron chi connectivity index (χ1n) is 11.5. The van der Waals surface area contributed by atoms with Crippen molar-refractivity contribution in [1.82, 2.24) is 14.9 Å². The lowest BCUT2D eigenvalue weighted by Crippen LogP contribution is -2.28. The Balaban J connectivity index is 0. The second-order valence-corrected chi connectivity index (χ2v) is 8.05. The van der Waals surface area contributed by atoms with Gasteiger partial charge in [0.25, 0.3) is 0 Å². The van der Waals surface area contributed by atoms with E-state index < -0.39 is 0 Å². The van der Waals surface area contributed by atoms with Crippen LogP contribution in [0.1, 0.15) is 69.7 Å². The molecule has 8 heteroatoms. The molecule has 8 nitrogen and oxygen atoms in total. The van der Waals surface area contributed by atoms with E-state index in [4.69, 9.17) is 14.9 Å². The molecule has 184 valence electrons. The van der Waals surface area contributed by atoms with E-state index in [0.717, 1.165) is 23.9 Å². The number of amides is 1. The van der Waals surface area contributed by atoms with Gasteiger partial charge < -0.3 is 24.7 Å². The number of nitrogens with zero attached hydrogens (tertiary/aromatic N) is 2. The fourth-order valence-electron chi connectivity index (χ4n) is 3.23. The number of aromatic nitrogens is 2. The lowest BCUT2D eigenvalue weighted by molar-refractivity contribution is -0.121. The van der Waals surface area contributed by atoms with Gasteiger partial charge in [0.1, 0.15) is 0 Å². The average molecular weight is 452 g/mol. The fourth-order valence-corrected chi connectivity index (χ4v) is 3.23. The summed E-state index contributed by atoms with van der Waals surface area (Å²) in [4.78, 5) is 16.5. The van der Waals surface area contributed by atoms with Crippen molar-refractivity contribution in [2.45, 2.75) is 66.8 Å². The molecule has 0 radical (unpaired) electrons. The van der Waals surface area contributed by atoms with E-state index in [1.165, 1.54) is 0 Å². The minimum absolute atomic E-state index is 0. The first kappa shape index (κ1) is 27.3. The second kappa shape index (κ2) is 13.6. The minimum Gasteiger partial charge on any atom is -0.493 e. The van der Waals surface area contributed by atoms with E-state index in [1.807, 2.05) is 44.4 Å². The number of anilines is 1. The van der Waals surface area contributed by atoms with Crippen LogP contribution in [-0.2, 0) is 4.79 Å². The van der Waals surface area contributed by atoms with Crippen molar-refractivity contribution in [1.29, 1.82) is 5.41 Å². The van der Waals surface area contributed by atoms with Crippen LogP contribution in [0.25, 0.3) is 11.0 Å². The summed E-state index contributed by atoms with van der Waals surface area (Å²) in [6.45, 7) is 13.6. The molecule has 2 aromatic rings. The molecule has 3 N–H and O–H groups in total. The van der Waals surface area contributed by atoms with E-state index in [1.54, 1.807) is 14.2 Å². The Kier molecular flexibility index (Phi) is 11.6. The Morgan fingerprint density at radius 3 is 2.31 bits per heavy atom. The Bertz CT molecular complexity index is 933. The van der Waals surface area contributed by atoms with Crippen LogP contribution >= 0.6 is 0 Å². The second-order valence-electron chi connectivity index (χ2n) is 8.05. The predicted molar refractivity (Wildman–Crippen MR) is 135 cm³/mol. The molecule has 0 aliphatic heterocycles. The quantitative estimate of drug-likeness (QED) is 0.418. The molecule has 2 rings (SSSR count). The van der Waals surface area contributed by atoms with Gasteiger partial charge in [0, 0.05) is 40.5 Å². The van der Waals surface area contributed by atoms with Gasteiger partial charge in [-0.2, -0.15) is 0 Å². The number of carbonyl (C=O) groups excluding carboxylic acids is 1. The van der Waals surface area contributed by atoms with E-state index in [2.05, 4.69) is 29.5 Å². The maximum absolute atomic E-state index is 11.8. The van der Waals surface area contributed by atoms with Crippen LogP contribution in [0.2, 0.25) is 0 Å². The van der Waals surface area contributed by atoms with E-state index >= 15 is 0 Å². The third kappa shape index (κ3) is 7.43. The number of carbonyl (C=O) groups is 1. The Morgan fingerprint density at radius 1 is 1.12 bits per heavy atom. The van der Waals surface area contributed by atoms with Crippen molar-refractivity contribution >= 4 is 22.8 Å². The standard InChI is InChI=1S/C22H35N5O3.C2H6.2H2/c1-14(2)13-25-20(28)9-7-8-10-24-22-21(23)27(15(3)4)17-12-19(30-6)18(29-5)11-16(17)26-22;1-2;;/h11-12,14-15,23H,7-10,13H2,1-6H3,(H,24,26)(H,25,28);1-2H3;2*1H. The minimum atomic E-state index is 0. The van der Waals surface area contributed by atoms with Crippen LogP contribution in [0.15, 0.2) is 12.1 Å². The highest BCUT2D eigenvalue weighted by atomic mass is 16.5. The molecular weight excluding hydrogens is 406 g/mol. The van der Waals surface area contributed by atoms with Gasteiger partial charge in [-0.25, -0.2) is 4.98 Å². The molecule has 0 bridgehead atoms. The Morgan fingerprint density at radius 2 is 1.75 bits per heavy atom. The molecule has 32 heavy (non-hydrogen) atoms. The van der Waals surface area contributed by atoms with Crippen LogP contribution in [0.5, 0.6) is 11.5 Å². The SMILES string of the molecule is CC.COc1cc2nc(NCCCCC(=O)NCC(C)C)c(=N)n(C(C)C)c2cc1OC.[HH].[HH]. The highest BCUT2D eigenvalue weighted by Crippen LogP contribution is 2.32. The zero-order valence-corrected chi connectivity index (χ0v) is 21.0. The maximum atomic E-state index is 11.8. The van der Waals surface area contributed by atoms with Gasteiger partial charge in [0.2, 0.25) is 5.91 Å². The molecule has 0 fully saturated rings. The van der Waals surface area contributed by atoms with Crippen molar-refractivity contribution in [3.05, 3.63) is 17.6 Å². The van der Waals surface area contributed by atoms with Crippen molar-refractivity contribution in [2.75, 3.05) is 32.6 Å². The molecule has 1 amide bonds. The molecule has 0 saturated carbocycles. The third-order valence-corrected chi connectivity index (χ3v) is 4.78. The molecule has 1 aromatic heterocycles. The summed E-state index contributed by atoms with van der Waals surface area (Å²) in [6, 6.07) is 3.77. The number of methoxy groups -OCH3 is 2. The summed E-state index contributed by atoms with van der Waals surface area (Å²) in [5.74, 6) is 2.28. The van der Waals surface area contributed by atoms with Crippen LogP contribution < -0.4 is 25.6 Å². The zero-order chi connectivity index (χ0) is 24.3. The number of unbranched alkanes of at least 4 members (excludes halogenated alkanes) is 1. The fraction of sp³-hybridized carbons (Fsp3) is 0.625. The molecule has 0 aliphatic rings. The number of benzene rings is 1. The summed E-state index contributed by atoms with van der Waals surface area (Å²) in [5, 5.41) is 14.8. The lowest BCUT2D eigenvalue weighted by Gasteiger charge is -2.19. The average Bonchev–Trinajstić information content (AvgIpc) is 2.77. The Labute approximate surface area is 195 Å². The van der Waals surface area contributed by atoms with E-state index in [0.29, 0.717) is 48.2 Å². The van der Waals surface area contributed by atoms with Gasteiger partial charge in [0.15, 0.2) is 22.8 Å². The molecule has 0 atom stereocenters. The smallest absolute Gasteiger partial charge is 0.220 e. The van der Waals surface area contributed by atoms with Gasteiger partial charge in [-0.1, -0.05) is 27.7 Å². The zero-order valence-electron chi connectivity index (χ0n) is 21.0. The van der Waals surface area contributed by atoms with E-state index in [-0.39, 0.29) is 14.8 Å². The number of nitrogens with one attached hydrogen (secondary N) is 3. The molecular formula is C24H45N5O3. The van der Waals surface area contributed by atoms with Crippen LogP contribution in [-0.4, -0.2) is 42.8 Å². The number of hydrogen-bond acceptors (Lipinski definition) is 6. The van der Waals surface area contributed by atoms with Gasteiger partial charge in [-0.15, -0.1) is 0 Å². The normalized spacial score (nSPS) is 10.7. The van der Waals surface area contributed by atoms with Crippen LogP contribution in [0.3, 0.4) is 0 Å². The number of fused-ring (bicyclic) bond motifs is 1. The van der Waals surface area contributed by atoms with E-state index in [9.17, 15) is 4.79 Å². The monoisotopic (exact) mass is 451 g/mol. The summed E-state index contributed by atoms with van der Waals surface area (Å²) in [5.41, 5.74) is 1.87. The molecule has 1 heterocycles. The van der Waals surface area contributed by atoms with Crippen molar-refractivity contribution in [3.8, 4) is 11.5 Å². The highest BCUT2D eigenvalue weighted by Gasteiger charge is 2.15. The number of ether oxygens (including phenoxy) is 2. The molecule has 0 saturated heterocycles. The molecule has 0 aliphatic carbocycles. The summed E-state index contributed by atoms with van der Waals surface area (Å²) < 4.78 is 12.7. The van der Waals surface area contributed by atoms with Gasteiger partial charge in [-0.3, -0.25) is 10.2 Å². The topological polar surface area (TPSA) is 101 Å². The highest BCUT2D eigenvalue weighted by molar-refractivity contribution is 5.81.